The monoisotopic (exact) mass is 278 g/mol. The maximum Gasteiger partial charge on any atom is 0.136 e. The summed E-state index contributed by atoms with van der Waals surface area (Å²) in [5.41, 5.74) is 1.31. The number of ketones is 1. The fourth-order valence-corrected chi connectivity index (χ4v) is 3.21. The van der Waals surface area contributed by atoms with Crippen LogP contribution < -0.4 is 0 Å². The first kappa shape index (κ1) is 17.2. The molecule has 0 bridgehead atoms. The van der Waals surface area contributed by atoms with Crippen LogP contribution in [0.5, 0.6) is 0 Å². The predicted molar refractivity (Wildman–Crippen MR) is 84.5 cm³/mol. The zero-order chi connectivity index (χ0) is 15.1. The number of carbonyl (C=O) groups excluding carboxylic acids is 1. The molecule has 0 fully saturated rings. The van der Waals surface area contributed by atoms with Crippen LogP contribution in [0.15, 0.2) is 23.8 Å². The first-order valence-corrected chi connectivity index (χ1v) is 8.03. The van der Waals surface area contributed by atoms with Gasteiger partial charge in [-0.3, -0.25) is 4.79 Å². The van der Waals surface area contributed by atoms with Crippen molar-refractivity contribution in [3.8, 4) is 0 Å². The topological polar surface area (TPSA) is 37.3 Å². The van der Waals surface area contributed by atoms with E-state index in [9.17, 15) is 9.90 Å². The summed E-state index contributed by atoms with van der Waals surface area (Å²) in [5.74, 6) is 0.932. The van der Waals surface area contributed by atoms with Crippen LogP contribution in [-0.4, -0.2) is 17.0 Å². The Morgan fingerprint density at radius 2 is 2.05 bits per heavy atom. The lowest BCUT2D eigenvalue weighted by Gasteiger charge is -2.31. The molecule has 0 saturated heterocycles. The second-order valence-electron chi connectivity index (χ2n) is 6.40. The van der Waals surface area contributed by atoms with Crippen LogP contribution in [0.1, 0.15) is 59.8 Å². The number of hydrogen-bond donors (Lipinski definition) is 1. The van der Waals surface area contributed by atoms with Crippen molar-refractivity contribution >= 4 is 5.78 Å². The van der Waals surface area contributed by atoms with Crippen molar-refractivity contribution in [3.05, 3.63) is 23.8 Å². The van der Waals surface area contributed by atoms with Crippen molar-refractivity contribution in [2.24, 2.45) is 17.8 Å². The minimum atomic E-state index is -0.360. The van der Waals surface area contributed by atoms with Crippen molar-refractivity contribution in [2.75, 3.05) is 0 Å². The Labute approximate surface area is 124 Å². The van der Waals surface area contributed by atoms with E-state index in [0.717, 1.165) is 19.3 Å². The Bertz CT molecular complexity index is 364. The van der Waals surface area contributed by atoms with Gasteiger partial charge in [0.25, 0.3) is 0 Å². The zero-order valence-corrected chi connectivity index (χ0v) is 13.4. The molecule has 1 rings (SSSR count). The number of hydrogen-bond acceptors (Lipinski definition) is 2. The highest BCUT2D eigenvalue weighted by Crippen LogP contribution is 2.36. The Kier molecular flexibility index (Phi) is 7.22. The van der Waals surface area contributed by atoms with Crippen LogP contribution in [0, 0.1) is 17.8 Å². The molecule has 0 aliphatic heterocycles. The summed E-state index contributed by atoms with van der Waals surface area (Å²) in [4.78, 5) is 12.6. The summed E-state index contributed by atoms with van der Waals surface area (Å²) in [6.45, 7) is 8.21. The number of aliphatic hydroxyl groups excluding tert-OH is 1. The van der Waals surface area contributed by atoms with E-state index in [-0.39, 0.29) is 17.9 Å². The molecule has 0 radical (unpaired) electrons. The Hall–Kier alpha value is -0.890. The van der Waals surface area contributed by atoms with Crippen molar-refractivity contribution < 1.29 is 9.90 Å². The third kappa shape index (κ3) is 4.90. The second-order valence-corrected chi connectivity index (χ2v) is 6.40. The molecule has 0 spiro atoms. The third-order valence-corrected chi connectivity index (χ3v) is 4.17. The molecule has 0 saturated carbocycles. The van der Waals surface area contributed by atoms with Crippen molar-refractivity contribution in [2.45, 2.75) is 65.9 Å². The third-order valence-electron chi connectivity index (χ3n) is 4.17. The molecule has 0 amide bonds. The van der Waals surface area contributed by atoms with Crippen LogP contribution >= 0.6 is 0 Å². The van der Waals surface area contributed by atoms with Crippen molar-refractivity contribution in [1.82, 2.24) is 0 Å². The fraction of sp³-hybridized carbons (Fsp3) is 0.722. The zero-order valence-electron chi connectivity index (χ0n) is 13.4. The summed E-state index contributed by atoms with van der Waals surface area (Å²) in [6.07, 6.45) is 10.3. The highest BCUT2D eigenvalue weighted by atomic mass is 16.3. The van der Waals surface area contributed by atoms with E-state index in [1.165, 1.54) is 5.57 Å². The molecule has 2 heteroatoms. The van der Waals surface area contributed by atoms with Crippen molar-refractivity contribution in [1.29, 1.82) is 0 Å². The van der Waals surface area contributed by atoms with E-state index in [1.807, 2.05) is 6.92 Å². The van der Waals surface area contributed by atoms with Crippen LogP contribution in [-0.2, 0) is 4.79 Å². The molecule has 1 N–H and O–H groups in total. The molecule has 3 unspecified atom stereocenters. The summed E-state index contributed by atoms with van der Waals surface area (Å²) in [7, 11) is 0. The molecule has 2 nitrogen and oxygen atoms in total. The maximum absolute atomic E-state index is 12.6. The van der Waals surface area contributed by atoms with E-state index >= 15 is 0 Å². The van der Waals surface area contributed by atoms with Crippen LogP contribution in [0.25, 0.3) is 0 Å². The van der Waals surface area contributed by atoms with Gasteiger partial charge in [0.05, 0.1) is 6.10 Å². The second kappa shape index (κ2) is 8.41. The first-order chi connectivity index (χ1) is 9.47. The van der Waals surface area contributed by atoms with Gasteiger partial charge >= 0.3 is 0 Å². The number of unbranched alkanes of at least 4 members (excludes halogenated alkanes) is 1. The maximum atomic E-state index is 12.6. The quantitative estimate of drug-likeness (QED) is 0.683. The van der Waals surface area contributed by atoms with E-state index in [4.69, 9.17) is 0 Å². The molecular formula is C18H30O2. The summed E-state index contributed by atoms with van der Waals surface area (Å²) in [5, 5.41) is 9.81. The van der Waals surface area contributed by atoms with E-state index in [2.05, 4.69) is 39.0 Å². The number of rotatable bonds is 9. The van der Waals surface area contributed by atoms with Crippen molar-refractivity contribution in [3.63, 3.8) is 0 Å². The number of allylic oxidation sites excluding steroid dienone is 4. The Morgan fingerprint density at radius 3 is 2.50 bits per heavy atom. The average Bonchev–Trinajstić information content (AvgIpc) is 2.88. The largest absolute Gasteiger partial charge is 0.393 e. The highest BCUT2D eigenvalue weighted by Gasteiger charge is 2.33. The normalized spacial score (nSPS) is 19.0. The van der Waals surface area contributed by atoms with Gasteiger partial charge in [0, 0.05) is 12.3 Å². The summed E-state index contributed by atoms with van der Waals surface area (Å²) < 4.78 is 0. The highest BCUT2D eigenvalue weighted by molar-refractivity contribution is 5.82. The summed E-state index contributed by atoms with van der Waals surface area (Å²) >= 11 is 0. The van der Waals surface area contributed by atoms with E-state index < -0.39 is 0 Å². The van der Waals surface area contributed by atoms with Gasteiger partial charge in [-0.1, -0.05) is 51.0 Å². The van der Waals surface area contributed by atoms with Gasteiger partial charge in [-0.05, 0) is 38.0 Å². The Balaban J connectivity index is 2.89. The molecule has 0 heterocycles. The molecule has 1 aliphatic carbocycles. The van der Waals surface area contributed by atoms with Crippen LogP contribution in [0.2, 0.25) is 0 Å². The van der Waals surface area contributed by atoms with Crippen LogP contribution in [0.3, 0.4) is 0 Å². The number of aliphatic hydroxyl groups is 1. The fourth-order valence-electron chi connectivity index (χ4n) is 3.21. The summed E-state index contributed by atoms with van der Waals surface area (Å²) in [6, 6.07) is 0. The minimum Gasteiger partial charge on any atom is -0.393 e. The first-order valence-electron chi connectivity index (χ1n) is 8.03. The molecule has 20 heavy (non-hydrogen) atoms. The molecular weight excluding hydrogens is 248 g/mol. The number of Topliss-reactive ketones (excluding diaryl/α,β-unsaturated/α-hetero) is 1. The molecule has 0 aromatic heterocycles. The smallest absolute Gasteiger partial charge is 0.136 e. The standard InChI is InChI=1S/C18H30O2/c1-5-6-11-17(20)18(13(2)3)16(12-14(4)19)15-9-7-8-10-15/h7-9,13-14,16,18-19H,5-6,10-12H2,1-4H3. The molecule has 1 aliphatic rings. The number of carbonyl (C=O) groups is 1. The minimum absolute atomic E-state index is 0.0438. The van der Waals surface area contributed by atoms with Gasteiger partial charge in [0.1, 0.15) is 5.78 Å². The Morgan fingerprint density at radius 1 is 1.35 bits per heavy atom. The molecule has 0 aromatic carbocycles. The van der Waals surface area contributed by atoms with Gasteiger partial charge in [0.2, 0.25) is 0 Å². The van der Waals surface area contributed by atoms with E-state index in [0.29, 0.717) is 24.5 Å². The molecule has 0 aromatic rings. The van der Waals surface area contributed by atoms with Gasteiger partial charge in [-0.25, -0.2) is 0 Å². The molecule has 114 valence electrons. The average molecular weight is 278 g/mol. The predicted octanol–water partition coefficient (Wildman–Crippen LogP) is 4.29. The SMILES string of the molecule is CCCCC(=O)C(C(C)C)C(CC(C)O)C1=CC=CC1. The van der Waals surface area contributed by atoms with Gasteiger partial charge < -0.3 is 5.11 Å². The lowest BCUT2D eigenvalue weighted by molar-refractivity contribution is -0.126. The van der Waals surface area contributed by atoms with Gasteiger partial charge in [-0.15, -0.1) is 0 Å². The molecule has 3 atom stereocenters. The van der Waals surface area contributed by atoms with Gasteiger partial charge in [0.15, 0.2) is 0 Å². The van der Waals surface area contributed by atoms with Crippen LogP contribution in [0.4, 0.5) is 0 Å². The lowest BCUT2D eigenvalue weighted by Crippen LogP contribution is -2.31. The van der Waals surface area contributed by atoms with Gasteiger partial charge in [-0.2, -0.15) is 0 Å². The lowest BCUT2D eigenvalue weighted by atomic mass is 9.73. The van der Waals surface area contributed by atoms with E-state index in [1.54, 1.807) is 0 Å².